The molecule has 0 radical (unpaired) electrons. The van der Waals surface area contributed by atoms with Crippen molar-refractivity contribution >= 4 is 79.4 Å². The summed E-state index contributed by atoms with van der Waals surface area (Å²) < 4.78 is 1.33. The topological polar surface area (TPSA) is 51.6 Å². The molecule has 0 unspecified atom stereocenters. The molecule has 0 bridgehead atoms. The van der Waals surface area contributed by atoms with Gasteiger partial charge in [-0.25, -0.2) is 19.9 Å². The van der Waals surface area contributed by atoms with E-state index in [0.29, 0.717) is 18.4 Å². The van der Waals surface area contributed by atoms with E-state index in [1.807, 2.05) is 45.2 Å². The van der Waals surface area contributed by atoms with Crippen LogP contribution in [0.25, 0.3) is 11.0 Å². The fourth-order valence-corrected chi connectivity index (χ4v) is 2.73. The summed E-state index contributed by atoms with van der Waals surface area (Å²) in [5.74, 6) is 0. The van der Waals surface area contributed by atoms with Crippen molar-refractivity contribution in [3.63, 3.8) is 0 Å². The van der Waals surface area contributed by atoms with E-state index < -0.39 is 0 Å². The van der Waals surface area contributed by atoms with Gasteiger partial charge in [0.25, 0.3) is 0 Å². The largest absolute Gasteiger partial charge is 0.224 e. The zero-order valence-corrected chi connectivity index (χ0v) is 12.1. The zero-order chi connectivity index (χ0) is 10.3. The first kappa shape index (κ1) is 11.0. The Kier molecular flexibility index (Phi) is 3.24. The third-order valence-electron chi connectivity index (χ3n) is 1.40. The fourth-order valence-electron chi connectivity index (χ4n) is 0.896. The predicted octanol–water partition coefficient (Wildman–Crippen LogP) is 2.94. The average molecular weight is 453 g/mol. The predicted molar refractivity (Wildman–Crippen MR) is 70.6 cm³/mol. The number of nitrogens with zero attached hydrogens (tertiary/aromatic N) is 4. The number of rotatable bonds is 0. The minimum absolute atomic E-state index is 0.186. The van der Waals surface area contributed by atoms with Gasteiger partial charge in [0.05, 0.1) is 0 Å². The van der Waals surface area contributed by atoms with Crippen LogP contribution in [-0.2, 0) is 0 Å². The number of aromatic nitrogens is 4. The van der Waals surface area contributed by atoms with Gasteiger partial charge in [0.1, 0.15) is 18.4 Å². The van der Waals surface area contributed by atoms with E-state index in [1.54, 1.807) is 0 Å². The van der Waals surface area contributed by atoms with Crippen LogP contribution < -0.4 is 0 Å². The molecule has 2 aromatic heterocycles. The zero-order valence-electron chi connectivity index (χ0n) is 6.30. The lowest BCUT2D eigenvalue weighted by Crippen LogP contribution is -1.97. The van der Waals surface area contributed by atoms with E-state index in [0.717, 1.165) is 0 Å². The van der Waals surface area contributed by atoms with Gasteiger partial charge in [0.15, 0.2) is 0 Å². The Bertz CT molecular complexity index is 471. The Morgan fingerprint density at radius 2 is 1.07 bits per heavy atom. The summed E-state index contributed by atoms with van der Waals surface area (Å²) in [6.45, 7) is 0. The Labute approximate surface area is 116 Å². The molecule has 72 valence electrons. The molecule has 0 aliphatic rings. The summed E-state index contributed by atoms with van der Waals surface area (Å²) in [6, 6.07) is 0. The second-order valence-corrected chi connectivity index (χ2v) is 4.98. The lowest BCUT2D eigenvalue weighted by Gasteiger charge is -2.01. The molecule has 0 aliphatic carbocycles. The van der Waals surface area contributed by atoms with Crippen molar-refractivity contribution in [2.24, 2.45) is 0 Å². The summed E-state index contributed by atoms with van der Waals surface area (Å²) in [5, 5.41) is 0.372. The first-order valence-electron chi connectivity index (χ1n) is 3.29. The van der Waals surface area contributed by atoms with Gasteiger partial charge in [-0.15, -0.1) is 0 Å². The van der Waals surface area contributed by atoms with Crippen molar-refractivity contribution in [1.29, 1.82) is 0 Å². The van der Waals surface area contributed by atoms with Crippen LogP contribution in [0, 0.1) is 7.40 Å². The second-order valence-electron chi connectivity index (χ2n) is 2.26. The minimum atomic E-state index is 0.186. The molecule has 2 rings (SSSR count). The van der Waals surface area contributed by atoms with Crippen molar-refractivity contribution < 1.29 is 0 Å². The molecule has 0 amide bonds. The van der Waals surface area contributed by atoms with E-state index in [1.165, 1.54) is 0 Å². The van der Waals surface area contributed by atoms with Crippen molar-refractivity contribution in [3.8, 4) is 0 Å². The van der Waals surface area contributed by atoms with Gasteiger partial charge in [0.2, 0.25) is 10.6 Å². The van der Waals surface area contributed by atoms with Crippen LogP contribution in [0.5, 0.6) is 0 Å². The van der Waals surface area contributed by atoms with E-state index in [9.17, 15) is 0 Å². The SMILES string of the molecule is Clc1nc(I)c2nc(Cl)nc(I)c2n1. The van der Waals surface area contributed by atoms with Crippen molar-refractivity contribution in [3.05, 3.63) is 18.0 Å². The van der Waals surface area contributed by atoms with Crippen LogP contribution in [0.3, 0.4) is 0 Å². The fraction of sp³-hybridized carbons (Fsp3) is 0. The van der Waals surface area contributed by atoms with Gasteiger partial charge in [-0.2, -0.15) is 0 Å². The highest BCUT2D eigenvalue weighted by atomic mass is 127. The third kappa shape index (κ3) is 2.02. The average Bonchev–Trinajstić information content (AvgIpc) is 2.07. The Hall–Kier alpha value is 0.460. The first-order valence-corrected chi connectivity index (χ1v) is 6.21. The molecular formula is C6Cl2I2N4. The smallest absolute Gasteiger partial charge is 0.213 e. The van der Waals surface area contributed by atoms with Gasteiger partial charge in [-0.3, -0.25) is 0 Å². The molecule has 0 spiro atoms. The standard InChI is InChI=1S/C6Cl2I2N4/c7-5-11-1-2(4(10)14-5)12-6(8)13-3(1)9. The molecule has 2 heterocycles. The maximum absolute atomic E-state index is 5.72. The highest BCUT2D eigenvalue weighted by Crippen LogP contribution is 2.22. The van der Waals surface area contributed by atoms with Crippen molar-refractivity contribution in [2.45, 2.75) is 0 Å². The van der Waals surface area contributed by atoms with Gasteiger partial charge < -0.3 is 0 Å². The molecule has 0 N–H and O–H groups in total. The van der Waals surface area contributed by atoms with E-state index >= 15 is 0 Å². The Balaban J connectivity index is 2.94. The van der Waals surface area contributed by atoms with Gasteiger partial charge in [-0.05, 0) is 68.4 Å². The quantitative estimate of drug-likeness (QED) is 0.350. The highest BCUT2D eigenvalue weighted by Gasteiger charge is 2.11. The van der Waals surface area contributed by atoms with Crippen LogP contribution in [0.1, 0.15) is 0 Å². The van der Waals surface area contributed by atoms with Crippen LogP contribution in [0.2, 0.25) is 10.6 Å². The molecular weight excluding hydrogens is 453 g/mol. The van der Waals surface area contributed by atoms with Crippen LogP contribution in [-0.4, -0.2) is 19.9 Å². The molecule has 0 aromatic carbocycles. The van der Waals surface area contributed by atoms with Crippen molar-refractivity contribution in [1.82, 2.24) is 19.9 Å². The van der Waals surface area contributed by atoms with Gasteiger partial charge >= 0.3 is 0 Å². The molecule has 0 fully saturated rings. The lowest BCUT2D eigenvalue weighted by atomic mass is 10.4. The number of fused-ring (bicyclic) bond motifs is 1. The lowest BCUT2D eigenvalue weighted by molar-refractivity contribution is 1.11. The Morgan fingerprint density at radius 3 is 1.43 bits per heavy atom. The molecule has 8 heteroatoms. The maximum Gasteiger partial charge on any atom is 0.224 e. The van der Waals surface area contributed by atoms with Gasteiger partial charge in [0, 0.05) is 0 Å². The minimum Gasteiger partial charge on any atom is -0.213 e. The molecule has 0 saturated carbocycles. The molecule has 0 saturated heterocycles. The monoisotopic (exact) mass is 452 g/mol. The van der Waals surface area contributed by atoms with Crippen molar-refractivity contribution in [2.75, 3.05) is 0 Å². The maximum atomic E-state index is 5.72. The van der Waals surface area contributed by atoms with E-state index in [2.05, 4.69) is 19.9 Å². The highest BCUT2D eigenvalue weighted by molar-refractivity contribution is 14.1. The van der Waals surface area contributed by atoms with Crippen LogP contribution in [0.15, 0.2) is 0 Å². The summed E-state index contributed by atoms with van der Waals surface area (Å²) in [5.41, 5.74) is 1.25. The number of halogens is 4. The molecule has 14 heavy (non-hydrogen) atoms. The summed E-state index contributed by atoms with van der Waals surface area (Å²) in [4.78, 5) is 16.0. The summed E-state index contributed by atoms with van der Waals surface area (Å²) in [6.07, 6.45) is 0. The third-order valence-corrected chi connectivity index (χ3v) is 3.25. The molecule has 4 nitrogen and oxygen atoms in total. The number of hydrogen-bond donors (Lipinski definition) is 0. The van der Waals surface area contributed by atoms with Crippen LogP contribution in [0.4, 0.5) is 0 Å². The molecule has 2 aromatic rings. The molecule has 0 aliphatic heterocycles. The normalized spacial score (nSPS) is 10.9. The van der Waals surface area contributed by atoms with Gasteiger partial charge in [-0.1, -0.05) is 0 Å². The van der Waals surface area contributed by atoms with E-state index in [-0.39, 0.29) is 10.6 Å². The number of hydrogen-bond acceptors (Lipinski definition) is 4. The van der Waals surface area contributed by atoms with E-state index in [4.69, 9.17) is 23.2 Å². The van der Waals surface area contributed by atoms with Crippen LogP contribution >= 0.6 is 68.4 Å². The summed E-state index contributed by atoms with van der Waals surface area (Å²) >= 11 is 15.5. The molecule has 0 atom stereocenters. The second kappa shape index (κ2) is 4.14. The summed E-state index contributed by atoms with van der Waals surface area (Å²) in [7, 11) is 0. The Morgan fingerprint density at radius 1 is 0.714 bits per heavy atom. The first-order chi connectivity index (χ1) is 6.58.